The van der Waals surface area contributed by atoms with Crippen LogP contribution in [0.15, 0.2) is 29.2 Å². The maximum absolute atomic E-state index is 10.7. The number of benzene rings is 1. The van der Waals surface area contributed by atoms with Crippen molar-refractivity contribution in [1.82, 2.24) is 0 Å². The molecule has 0 atom stereocenters. The zero-order valence-electron chi connectivity index (χ0n) is 6.61. The summed E-state index contributed by atoms with van der Waals surface area (Å²) in [6.45, 7) is 0. The van der Waals surface area contributed by atoms with Crippen LogP contribution in [0, 0.1) is 0 Å². The van der Waals surface area contributed by atoms with E-state index in [1.807, 2.05) is 0 Å². The second-order valence-corrected chi connectivity index (χ2v) is 3.63. The van der Waals surface area contributed by atoms with Crippen molar-refractivity contribution < 1.29 is 9.83 Å². The Hall–Kier alpha value is -1.07. The maximum Gasteiger partial charge on any atom is 0.238 e. The molecule has 0 saturated carbocycles. The predicted molar refractivity (Wildman–Crippen MR) is 42.2 cm³/mol. The zero-order valence-corrected chi connectivity index (χ0v) is 6.43. The average molecular weight is 173 g/mol. The number of rotatable bonds is 2. The molecule has 0 radical (unpaired) electrons. The van der Waals surface area contributed by atoms with Gasteiger partial charge in [0.1, 0.15) is 0 Å². The zero-order chi connectivity index (χ0) is 9.19. The predicted octanol–water partition coefficient (Wildman–Crippen LogP) is -0.0838. The first-order valence-electron chi connectivity index (χ1n) is 3.34. The molecule has 1 aromatic rings. The van der Waals surface area contributed by atoms with Crippen LogP contribution in [0.2, 0.25) is 1.41 Å². The van der Waals surface area contributed by atoms with Gasteiger partial charge in [-0.1, -0.05) is 0 Å². The van der Waals surface area contributed by atoms with Gasteiger partial charge in [0, 0.05) is 5.69 Å². The molecule has 11 heavy (non-hydrogen) atoms. The van der Waals surface area contributed by atoms with E-state index in [0.29, 0.717) is 5.69 Å². The molecular weight excluding hydrogens is 164 g/mol. The Balaban J connectivity index is 3.09. The van der Waals surface area contributed by atoms with Gasteiger partial charge in [-0.3, -0.25) is 0 Å². The van der Waals surface area contributed by atoms with Crippen LogP contribution < -0.4 is 10.9 Å². The summed E-state index contributed by atoms with van der Waals surface area (Å²) in [5.74, 6) is 0. The molecule has 0 heterocycles. The summed E-state index contributed by atoms with van der Waals surface area (Å²) < 4.78 is 28.2. The summed E-state index contributed by atoms with van der Waals surface area (Å²) in [6.07, 6.45) is 0. The minimum atomic E-state index is -3.62. The van der Waals surface area contributed by atoms with Crippen molar-refractivity contribution in [2.24, 2.45) is 5.14 Å². The van der Waals surface area contributed by atoms with Crippen LogP contribution in [0.3, 0.4) is 0 Å². The Bertz CT molecular complexity index is 360. The normalized spacial score (nSPS) is 12.3. The fourth-order valence-corrected chi connectivity index (χ4v) is 1.16. The van der Waals surface area contributed by atoms with Crippen LogP contribution >= 0.6 is 0 Å². The number of anilines is 1. The standard InChI is InChI=1S/C6H8N2O2S/c7-5-1-3-6(4-2-5)11(8,9)10/h1-4H,7H2,(H2,8,9,10)/i/hD. The van der Waals surface area contributed by atoms with Crippen molar-refractivity contribution in [3.8, 4) is 0 Å². The van der Waals surface area contributed by atoms with Gasteiger partial charge in [0.25, 0.3) is 0 Å². The van der Waals surface area contributed by atoms with Crippen LogP contribution in [0.1, 0.15) is 0 Å². The minimum Gasteiger partial charge on any atom is -0.399 e. The van der Waals surface area contributed by atoms with E-state index in [-0.39, 0.29) is 4.90 Å². The minimum absolute atomic E-state index is 0.0431. The highest BCUT2D eigenvalue weighted by Crippen LogP contribution is 2.08. The molecule has 0 saturated heterocycles. The van der Waals surface area contributed by atoms with Gasteiger partial charge in [-0.05, 0) is 24.3 Å². The third-order valence-electron chi connectivity index (χ3n) is 1.18. The monoisotopic (exact) mass is 173 g/mol. The highest BCUT2D eigenvalue weighted by molar-refractivity contribution is 7.89. The third-order valence-corrected chi connectivity index (χ3v) is 2.11. The van der Waals surface area contributed by atoms with Gasteiger partial charge in [0.15, 0.2) is 1.41 Å². The summed E-state index contributed by atoms with van der Waals surface area (Å²) in [4.78, 5) is 0.0431. The van der Waals surface area contributed by atoms with E-state index in [9.17, 15) is 8.42 Å². The van der Waals surface area contributed by atoms with Gasteiger partial charge in [0.05, 0.1) is 4.90 Å². The SMILES string of the molecule is [2H]Nc1ccc(S(N)(=O)=O)cc1. The molecule has 0 unspecified atom stereocenters. The van der Waals surface area contributed by atoms with Crippen LogP contribution in [0.4, 0.5) is 5.69 Å². The topological polar surface area (TPSA) is 86.2 Å². The highest BCUT2D eigenvalue weighted by atomic mass is 32.2. The number of sulfonamides is 1. The number of primary sulfonamides is 1. The van der Waals surface area contributed by atoms with Crippen molar-refractivity contribution in [3.63, 3.8) is 0 Å². The first-order chi connectivity index (χ1) is 5.54. The molecule has 0 aliphatic carbocycles. The maximum atomic E-state index is 10.7. The number of nitrogen functional groups attached to an aromatic ring is 1. The van der Waals surface area contributed by atoms with Gasteiger partial charge in [0.2, 0.25) is 10.0 Å². The molecule has 0 aromatic heterocycles. The molecule has 0 fully saturated rings. The first kappa shape index (κ1) is 6.63. The quantitative estimate of drug-likeness (QED) is 0.613. The van der Waals surface area contributed by atoms with Gasteiger partial charge >= 0.3 is 0 Å². The lowest BCUT2D eigenvalue weighted by molar-refractivity contribution is 0.598. The Morgan fingerprint density at radius 3 is 2.18 bits per heavy atom. The van der Waals surface area contributed by atoms with Crippen LogP contribution in [-0.4, -0.2) is 8.42 Å². The Labute approximate surface area is 66.3 Å². The second-order valence-electron chi connectivity index (χ2n) is 2.07. The van der Waals surface area contributed by atoms with E-state index in [1.54, 1.807) is 0 Å². The molecule has 0 bridgehead atoms. The summed E-state index contributed by atoms with van der Waals surface area (Å²) in [7, 11) is -3.62. The van der Waals surface area contributed by atoms with E-state index in [2.05, 4.69) is 5.73 Å². The highest BCUT2D eigenvalue weighted by Gasteiger charge is 2.04. The van der Waals surface area contributed by atoms with Crippen LogP contribution in [0.5, 0.6) is 0 Å². The van der Waals surface area contributed by atoms with Crippen molar-refractivity contribution in [2.45, 2.75) is 4.90 Å². The summed E-state index contributed by atoms with van der Waals surface area (Å²) in [5.41, 5.74) is 2.64. The van der Waals surface area contributed by atoms with E-state index in [4.69, 9.17) is 6.55 Å². The number of nitrogens with two attached hydrogens (primary N) is 2. The lowest BCUT2D eigenvalue weighted by Gasteiger charge is -1.96. The van der Waals surface area contributed by atoms with Gasteiger partial charge < -0.3 is 5.73 Å². The van der Waals surface area contributed by atoms with E-state index in [1.165, 1.54) is 24.3 Å². The van der Waals surface area contributed by atoms with Gasteiger partial charge in [-0.25, -0.2) is 13.6 Å². The summed E-state index contributed by atoms with van der Waals surface area (Å²) >= 11 is 0. The molecule has 1 aromatic carbocycles. The molecular formula is C6H8N2O2S. The third kappa shape index (κ3) is 1.92. The molecule has 4 N–H and O–H groups in total. The summed E-state index contributed by atoms with van der Waals surface area (Å²) in [6, 6.07) is 5.61. The Kier molecular flexibility index (Phi) is 1.52. The number of hydrogen-bond donors (Lipinski definition) is 2. The molecule has 1 rings (SSSR count). The largest absolute Gasteiger partial charge is 0.399 e. The van der Waals surface area contributed by atoms with Crippen LogP contribution in [-0.2, 0) is 10.0 Å². The fraction of sp³-hybridized carbons (Fsp3) is 0. The fourth-order valence-electron chi connectivity index (χ4n) is 0.645. The molecule has 0 aliphatic rings. The van der Waals surface area contributed by atoms with Crippen molar-refractivity contribution in [2.75, 3.05) is 5.73 Å². The molecule has 4 nitrogen and oxygen atoms in total. The van der Waals surface area contributed by atoms with Crippen molar-refractivity contribution >= 4 is 15.7 Å². The van der Waals surface area contributed by atoms with Gasteiger partial charge in [-0.15, -0.1) is 0 Å². The molecule has 60 valence electrons. The van der Waals surface area contributed by atoms with E-state index in [0.717, 1.165) is 0 Å². The van der Waals surface area contributed by atoms with Crippen molar-refractivity contribution in [1.29, 1.82) is 0 Å². The lowest BCUT2D eigenvalue weighted by Crippen LogP contribution is -2.11. The Morgan fingerprint density at radius 1 is 1.27 bits per heavy atom. The molecule has 0 spiro atoms. The summed E-state index contributed by atoms with van der Waals surface area (Å²) in [5, 5.41) is 4.85. The van der Waals surface area contributed by atoms with Crippen LogP contribution in [0.25, 0.3) is 0 Å². The average Bonchev–Trinajstić information content (AvgIpc) is 2.03. The molecule has 5 heteroatoms. The first-order valence-corrected chi connectivity index (χ1v) is 4.39. The van der Waals surface area contributed by atoms with Gasteiger partial charge in [-0.2, -0.15) is 0 Å². The van der Waals surface area contributed by atoms with E-state index >= 15 is 0 Å². The van der Waals surface area contributed by atoms with E-state index < -0.39 is 10.0 Å². The van der Waals surface area contributed by atoms with Crippen molar-refractivity contribution in [3.05, 3.63) is 24.3 Å². The molecule has 0 aliphatic heterocycles. The number of hydrogen-bond acceptors (Lipinski definition) is 3. The molecule has 0 amide bonds. The second kappa shape index (κ2) is 2.52. The Morgan fingerprint density at radius 2 is 1.82 bits per heavy atom. The lowest BCUT2D eigenvalue weighted by atomic mass is 10.3. The smallest absolute Gasteiger partial charge is 0.238 e.